The molecular weight excluding hydrogens is 280 g/mol. The van der Waals surface area contributed by atoms with E-state index in [4.69, 9.17) is 0 Å². The Balaban J connectivity index is 1.98. The summed E-state index contributed by atoms with van der Waals surface area (Å²) in [4.78, 5) is 23.1. The van der Waals surface area contributed by atoms with E-state index in [2.05, 4.69) is 10.6 Å². The van der Waals surface area contributed by atoms with E-state index >= 15 is 0 Å². The molecule has 0 bridgehead atoms. The molecule has 0 saturated heterocycles. The molecule has 0 radical (unpaired) electrons. The summed E-state index contributed by atoms with van der Waals surface area (Å²) in [6.45, 7) is 1.91. The van der Waals surface area contributed by atoms with Gasteiger partial charge in [-0.2, -0.15) is 0 Å². The summed E-state index contributed by atoms with van der Waals surface area (Å²) in [6.07, 6.45) is 0.171. The number of carboxylic acids is 1. The number of nitrogens with one attached hydrogen (secondary N) is 2. The molecule has 0 spiro atoms. The predicted octanol–water partition coefficient (Wildman–Crippen LogP) is 1.48. The second-order valence-corrected chi connectivity index (χ2v) is 5.03. The topological polar surface area (TPSA) is 81.3 Å². The highest BCUT2D eigenvalue weighted by Gasteiger charge is 2.14. The van der Waals surface area contributed by atoms with E-state index < -0.39 is 18.0 Å². The third kappa shape index (κ3) is 4.63. The molecule has 0 heterocycles. The number of amides is 2. The van der Waals surface area contributed by atoms with Gasteiger partial charge in [0.1, 0.15) is 0 Å². The molecule has 1 atom stereocenters. The Kier molecular flexibility index (Phi) is 5.14. The highest BCUT2D eigenvalue weighted by atomic mass is 16.4. The Morgan fingerprint density at radius 2 is 1.82 bits per heavy atom. The molecule has 0 fully saturated rings. The fraction of sp³-hybridized carbons (Fsp3) is 0.176. The van der Waals surface area contributed by atoms with Crippen molar-refractivity contribution >= 4 is 17.7 Å². The van der Waals surface area contributed by atoms with Crippen LogP contribution in [-0.2, 0) is 11.2 Å². The van der Waals surface area contributed by atoms with Crippen LogP contribution in [0.3, 0.4) is 0 Å². The lowest BCUT2D eigenvalue weighted by Crippen LogP contribution is -2.50. The van der Waals surface area contributed by atoms with Gasteiger partial charge in [0, 0.05) is 5.69 Å². The SMILES string of the molecule is Cc1cccc(NC(=O)N[C@@H](Cc2ccccc2)C(=O)[O-])c1. The quantitative estimate of drug-likeness (QED) is 0.877. The van der Waals surface area contributed by atoms with E-state index in [1.54, 1.807) is 24.3 Å². The van der Waals surface area contributed by atoms with Crippen molar-refractivity contribution in [1.82, 2.24) is 5.32 Å². The fourth-order valence-corrected chi connectivity index (χ4v) is 2.09. The maximum absolute atomic E-state index is 11.9. The second kappa shape index (κ2) is 7.26. The lowest BCUT2D eigenvalue weighted by Gasteiger charge is -2.20. The van der Waals surface area contributed by atoms with Crippen LogP contribution in [0.2, 0.25) is 0 Å². The lowest BCUT2D eigenvalue weighted by atomic mass is 10.1. The minimum Gasteiger partial charge on any atom is -0.548 e. The van der Waals surface area contributed by atoms with Gasteiger partial charge in [-0.1, -0.05) is 42.5 Å². The normalized spacial score (nSPS) is 11.5. The van der Waals surface area contributed by atoms with Gasteiger partial charge in [-0.05, 0) is 36.6 Å². The van der Waals surface area contributed by atoms with E-state index in [1.165, 1.54) is 0 Å². The zero-order valence-corrected chi connectivity index (χ0v) is 12.2. The third-order valence-corrected chi connectivity index (χ3v) is 3.15. The molecule has 5 heteroatoms. The van der Waals surface area contributed by atoms with Crippen LogP contribution in [0, 0.1) is 6.92 Å². The van der Waals surface area contributed by atoms with E-state index in [-0.39, 0.29) is 6.42 Å². The molecular formula is C17H17N2O3-. The fourth-order valence-electron chi connectivity index (χ4n) is 2.09. The van der Waals surface area contributed by atoms with Gasteiger partial charge in [0.15, 0.2) is 0 Å². The van der Waals surface area contributed by atoms with Crippen molar-refractivity contribution in [2.75, 3.05) is 5.32 Å². The van der Waals surface area contributed by atoms with Gasteiger partial charge in [0.05, 0.1) is 12.0 Å². The van der Waals surface area contributed by atoms with Gasteiger partial charge < -0.3 is 20.5 Å². The number of aliphatic carboxylic acids is 1. The predicted molar refractivity (Wildman–Crippen MR) is 82.3 cm³/mol. The van der Waals surface area contributed by atoms with E-state index in [0.29, 0.717) is 5.69 Å². The summed E-state index contributed by atoms with van der Waals surface area (Å²) >= 11 is 0. The molecule has 0 saturated carbocycles. The third-order valence-electron chi connectivity index (χ3n) is 3.15. The number of carboxylic acid groups (broad SMARTS) is 1. The van der Waals surface area contributed by atoms with Gasteiger partial charge in [-0.25, -0.2) is 4.79 Å². The number of carbonyl (C=O) groups excluding carboxylic acids is 2. The van der Waals surface area contributed by atoms with Crippen molar-refractivity contribution < 1.29 is 14.7 Å². The average molecular weight is 297 g/mol. The van der Waals surface area contributed by atoms with Gasteiger partial charge in [-0.15, -0.1) is 0 Å². The van der Waals surface area contributed by atoms with Crippen LogP contribution in [0.4, 0.5) is 10.5 Å². The number of rotatable bonds is 5. The van der Waals surface area contributed by atoms with Gasteiger partial charge >= 0.3 is 6.03 Å². The van der Waals surface area contributed by atoms with Crippen LogP contribution in [-0.4, -0.2) is 18.0 Å². The summed E-state index contributed by atoms with van der Waals surface area (Å²) in [7, 11) is 0. The molecule has 2 rings (SSSR count). The summed E-state index contributed by atoms with van der Waals surface area (Å²) in [5, 5.41) is 16.2. The van der Waals surface area contributed by atoms with E-state index in [9.17, 15) is 14.7 Å². The van der Waals surface area contributed by atoms with Crippen LogP contribution >= 0.6 is 0 Å². The Morgan fingerprint density at radius 1 is 1.09 bits per heavy atom. The molecule has 0 aromatic heterocycles. The smallest absolute Gasteiger partial charge is 0.319 e. The first-order valence-corrected chi connectivity index (χ1v) is 6.93. The Labute approximate surface area is 129 Å². The number of urea groups is 1. The molecule has 0 aliphatic carbocycles. The van der Waals surface area contributed by atoms with Crippen LogP contribution < -0.4 is 15.7 Å². The number of hydrogen-bond donors (Lipinski definition) is 2. The standard InChI is InChI=1S/C17H18N2O3/c1-12-6-5-9-14(10-12)18-17(22)19-15(16(20)21)11-13-7-3-2-4-8-13/h2-10,15H,11H2,1H3,(H,20,21)(H2,18,19,22)/p-1/t15-/m0/s1. The first kappa shape index (κ1) is 15.6. The Morgan fingerprint density at radius 3 is 2.45 bits per heavy atom. The molecule has 5 nitrogen and oxygen atoms in total. The van der Waals surface area contributed by atoms with E-state index in [0.717, 1.165) is 11.1 Å². The van der Waals surface area contributed by atoms with Crippen LogP contribution in [0.1, 0.15) is 11.1 Å². The maximum Gasteiger partial charge on any atom is 0.319 e. The second-order valence-electron chi connectivity index (χ2n) is 5.03. The molecule has 22 heavy (non-hydrogen) atoms. The van der Waals surface area contributed by atoms with Gasteiger partial charge in [0.2, 0.25) is 0 Å². The van der Waals surface area contributed by atoms with E-state index in [1.807, 2.05) is 37.3 Å². The minimum atomic E-state index is -1.32. The van der Waals surface area contributed by atoms with Gasteiger partial charge in [0.25, 0.3) is 0 Å². The average Bonchev–Trinajstić information content (AvgIpc) is 2.47. The van der Waals surface area contributed by atoms with Crippen molar-refractivity contribution in [2.24, 2.45) is 0 Å². The monoisotopic (exact) mass is 297 g/mol. The van der Waals surface area contributed by atoms with Crippen molar-refractivity contribution in [3.8, 4) is 0 Å². The highest BCUT2D eigenvalue weighted by molar-refractivity contribution is 5.92. The van der Waals surface area contributed by atoms with Crippen molar-refractivity contribution in [3.63, 3.8) is 0 Å². The first-order valence-electron chi connectivity index (χ1n) is 6.93. The highest BCUT2D eigenvalue weighted by Crippen LogP contribution is 2.09. The summed E-state index contributed by atoms with van der Waals surface area (Å²) < 4.78 is 0. The van der Waals surface area contributed by atoms with Crippen molar-refractivity contribution in [2.45, 2.75) is 19.4 Å². The number of carbonyl (C=O) groups is 2. The van der Waals surface area contributed by atoms with Gasteiger partial charge in [-0.3, -0.25) is 0 Å². The summed E-state index contributed by atoms with van der Waals surface area (Å²) in [5.74, 6) is -1.32. The van der Waals surface area contributed by atoms with Crippen molar-refractivity contribution in [3.05, 3.63) is 65.7 Å². The molecule has 2 aromatic rings. The summed E-state index contributed by atoms with van der Waals surface area (Å²) in [6, 6.07) is 14.7. The van der Waals surface area contributed by atoms with Crippen LogP contribution in [0.5, 0.6) is 0 Å². The summed E-state index contributed by atoms with van der Waals surface area (Å²) in [5.41, 5.74) is 2.42. The largest absolute Gasteiger partial charge is 0.548 e. The number of benzene rings is 2. The maximum atomic E-state index is 11.9. The van der Waals surface area contributed by atoms with Crippen LogP contribution in [0.25, 0.3) is 0 Å². The van der Waals surface area contributed by atoms with Crippen molar-refractivity contribution in [1.29, 1.82) is 0 Å². The zero-order valence-electron chi connectivity index (χ0n) is 12.2. The number of aryl methyl sites for hydroxylation is 1. The Hall–Kier alpha value is -2.82. The molecule has 0 aliphatic rings. The first-order chi connectivity index (χ1) is 10.5. The molecule has 2 amide bonds. The molecule has 0 aliphatic heterocycles. The zero-order chi connectivity index (χ0) is 15.9. The number of anilines is 1. The molecule has 2 N–H and O–H groups in total. The number of hydrogen-bond acceptors (Lipinski definition) is 3. The van der Waals surface area contributed by atoms with Crippen LogP contribution in [0.15, 0.2) is 54.6 Å². The molecule has 2 aromatic carbocycles. The Bertz CT molecular complexity index is 656. The molecule has 114 valence electrons. The minimum absolute atomic E-state index is 0.171. The molecule has 0 unspecified atom stereocenters. The lowest BCUT2D eigenvalue weighted by molar-refractivity contribution is -0.308.